The number of nitrogens with one attached hydrogen (secondary N) is 1. The molecule has 4 aromatic rings. The summed E-state index contributed by atoms with van der Waals surface area (Å²) in [6.07, 6.45) is 7.57. The van der Waals surface area contributed by atoms with E-state index in [-0.39, 0.29) is 6.61 Å². The number of aromatic nitrogens is 5. The van der Waals surface area contributed by atoms with E-state index in [0.717, 1.165) is 29.2 Å². The zero-order valence-electron chi connectivity index (χ0n) is 15.0. The molecule has 140 valence electrons. The van der Waals surface area contributed by atoms with Gasteiger partial charge in [0.25, 0.3) is 5.89 Å². The van der Waals surface area contributed by atoms with Crippen molar-refractivity contribution in [2.24, 2.45) is 0 Å². The van der Waals surface area contributed by atoms with Gasteiger partial charge < -0.3 is 14.6 Å². The lowest BCUT2D eigenvalue weighted by atomic mass is 10.2. The minimum Gasteiger partial charge on any atom is -0.485 e. The molecule has 1 aromatic carbocycles. The van der Waals surface area contributed by atoms with Crippen LogP contribution in [0.5, 0.6) is 5.75 Å². The van der Waals surface area contributed by atoms with E-state index in [9.17, 15) is 0 Å². The summed E-state index contributed by atoms with van der Waals surface area (Å²) in [5.41, 5.74) is 1.68. The lowest BCUT2D eigenvalue weighted by molar-refractivity contribution is 0.287. The van der Waals surface area contributed by atoms with Crippen LogP contribution in [0.25, 0.3) is 11.5 Å². The SMILES string of the molecule is c1ccc(OCc2noc(-c3ccc(NCCc4cnccn4)nc3)n2)cc1. The first kappa shape index (κ1) is 17.6. The lowest BCUT2D eigenvalue weighted by Crippen LogP contribution is -2.07. The lowest BCUT2D eigenvalue weighted by Gasteiger charge is -2.05. The van der Waals surface area contributed by atoms with Gasteiger partial charge in [0.15, 0.2) is 6.61 Å². The number of anilines is 1. The molecule has 0 bridgehead atoms. The standard InChI is InChI=1S/C20H18N6O2/c1-2-4-17(5-3-1)27-14-19-25-20(28-26-19)15-6-7-18(24-12-15)23-9-8-16-13-21-10-11-22-16/h1-7,10-13H,8-9,14H2,(H,23,24). The summed E-state index contributed by atoms with van der Waals surface area (Å²) in [5, 5.41) is 7.20. The van der Waals surface area contributed by atoms with Crippen LogP contribution in [0.4, 0.5) is 5.82 Å². The van der Waals surface area contributed by atoms with Crippen LogP contribution in [0, 0.1) is 0 Å². The van der Waals surface area contributed by atoms with E-state index in [0.29, 0.717) is 18.3 Å². The summed E-state index contributed by atoms with van der Waals surface area (Å²) in [6, 6.07) is 13.3. The summed E-state index contributed by atoms with van der Waals surface area (Å²) >= 11 is 0. The van der Waals surface area contributed by atoms with Gasteiger partial charge in [-0.05, 0) is 24.3 Å². The van der Waals surface area contributed by atoms with Gasteiger partial charge in [0.1, 0.15) is 11.6 Å². The van der Waals surface area contributed by atoms with Gasteiger partial charge in [-0.2, -0.15) is 4.98 Å². The summed E-state index contributed by atoms with van der Waals surface area (Å²) in [5.74, 6) is 2.41. The van der Waals surface area contributed by atoms with Crippen LogP contribution in [-0.4, -0.2) is 31.6 Å². The summed E-state index contributed by atoms with van der Waals surface area (Å²) in [7, 11) is 0. The maximum absolute atomic E-state index is 5.62. The maximum atomic E-state index is 5.62. The molecular formula is C20H18N6O2. The Labute approximate surface area is 161 Å². The van der Waals surface area contributed by atoms with Gasteiger partial charge in [0.2, 0.25) is 5.82 Å². The molecule has 0 aliphatic heterocycles. The predicted octanol–water partition coefficient (Wildman–Crippen LogP) is 3.16. The highest BCUT2D eigenvalue weighted by molar-refractivity contribution is 5.54. The van der Waals surface area contributed by atoms with E-state index in [1.807, 2.05) is 42.5 Å². The van der Waals surface area contributed by atoms with Gasteiger partial charge >= 0.3 is 0 Å². The average molecular weight is 374 g/mol. The minimum absolute atomic E-state index is 0.239. The van der Waals surface area contributed by atoms with Crippen LogP contribution in [-0.2, 0) is 13.0 Å². The highest BCUT2D eigenvalue weighted by Gasteiger charge is 2.10. The molecule has 0 amide bonds. The van der Waals surface area contributed by atoms with Gasteiger partial charge in [-0.25, -0.2) is 4.98 Å². The second-order valence-corrected chi connectivity index (χ2v) is 5.92. The third-order valence-corrected chi connectivity index (χ3v) is 3.89. The van der Waals surface area contributed by atoms with Crippen LogP contribution in [0.15, 0.2) is 71.8 Å². The van der Waals surface area contributed by atoms with E-state index in [2.05, 4.69) is 30.4 Å². The smallest absolute Gasteiger partial charge is 0.259 e. The van der Waals surface area contributed by atoms with E-state index in [4.69, 9.17) is 9.26 Å². The number of hydrogen-bond donors (Lipinski definition) is 1. The number of nitrogens with zero attached hydrogens (tertiary/aromatic N) is 5. The molecule has 0 fully saturated rings. The van der Waals surface area contributed by atoms with Crippen molar-refractivity contribution in [2.75, 3.05) is 11.9 Å². The van der Waals surface area contributed by atoms with Crippen molar-refractivity contribution in [3.05, 3.63) is 78.8 Å². The first-order valence-electron chi connectivity index (χ1n) is 8.82. The van der Waals surface area contributed by atoms with Gasteiger partial charge in [0.05, 0.1) is 11.3 Å². The van der Waals surface area contributed by atoms with Crippen molar-refractivity contribution in [3.8, 4) is 17.2 Å². The van der Waals surface area contributed by atoms with Crippen LogP contribution < -0.4 is 10.1 Å². The number of ether oxygens (including phenoxy) is 1. The first-order valence-corrected chi connectivity index (χ1v) is 8.82. The van der Waals surface area contributed by atoms with E-state index >= 15 is 0 Å². The zero-order valence-corrected chi connectivity index (χ0v) is 15.0. The molecule has 8 heteroatoms. The molecule has 28 heavy (non-hydrogen) atoms. The Morgan fingerprint density at radius 1 is 0.964 bits per heavy atom. The van der Waals surface area contributed by atoms with Gasteiger partial charge in [-0.1, -0.05) is 23.4 Å². The van der Waals surface area contributed by atoms with Gasteiger partial charge in [0, 0.05) is 37.8 Å². The second-order valence-electron chi connectivity index (χ2n) is 5.92. The topological polar surface area (TPSA) is 98.9 Å². The molecule has 3 heterocycles. The Morgan fingerprint density at radius 3 is 2.68 bits per heavy atom. The van der Waals surface area contributed by atoms with Crippen molar-refractivity contribution in [2.45, 2.75) is 13.0 Å². The average Bonchev–Trinajstić information content (AvgIpc) is 3.23. The molecule has 0 spiro atoms. The Morgan fingerprint density at radius 2 is 1.89 bits per heavy atom. The van der Waals surface area contributed by atoms with Crippen LogP contribution in [0.3, 0.4) is 0 Å². The summed E-state index contributed by atoms with van der Waals surface area (Å²) < 4.78 is 10.9. The molecule has 3 aromatic heterocycles. The fourth-order valence-electron chi connectivity index (χ4n) is 2.50. The number of benzene rings is 1. The second kappa shape index (κ2) is 8.72. The molecule has 1 N–H and O–H groups in total. The molecule has 0 aliphatic carbocycles. The normalized spacial score (nSPS) is 10.6. The fourth-order valence-corrected chi connectivity index (χ4v) is 2.50. The number of hydrogen-bond acceptors (Lipinski definition) is 8. The maximum Gasteiger partial charge on any atom is 0.259 e. The molecule has 4 rings (SSSR count). The number of pyridine rings is 1. The molecule has 0 aliphatic rings. The van der Waals surface area contributed by atoms with Crippen LogP contribution in [0.2, 0.25) is 0 Å². The highest BCUT2D eigenvalue weighted by Crippen LogP contribution is 2.18. The minimum atomic E-state index is 0.239. The van der Waals surface area contributed by atoms with E-state index < -0.39 is 0 Å². The van der Waals surface area contributed by atoms with Crippen molar-refractivity contribution in [1.29, 1.82) is 0 Å². The summed E-state index contributed by atoms with van der Waals surface area (Å²) in [6.45, 7) is 0.954. The van der Waals surface area contributed by atoms with Crippen molar-refractivity contribution >= 4 is 5.82 Å². The molecule has 0 saturated heterocycles. The first-order chi connectivity index (χ1) is 13.9. The quantitative estimate of drug-likeness (QED) is 0.502. The molecule has 0 saturated carbocycles. The van der Waals surface area contributed by atoms with Gasteiger partial charge in [-0.15, -0.1) is 0 Å². The van der Waals surface area contributed by atoms with E-state index in [1.54, 1.807) is 24.8 Å². The monoisotopic (exact) mass is 374 g/mol. The fraction of sp³-hybridized carbons (Fsp3) is 0.150. The number of para-hydroxylation sites is 1. The highest BCUT2D eigenvalue weighted by atomic mass is 16.5. The van der Waals surface area contributed by atoms with E-state index in [1.165, 1.54) is 0 Å². The Balaban J connectivity index is 1.30. The van der Waals surface area contributed by atoms with Crippen molar-refractivity contribution < 1.29 is 9.26 Å². The zero-order chi connectivity index (χ0) is 19.0. The Bertz CT molecular complexity index is 990. The third kappa shape index (κ3) is 4.67. The summed E-state index contributed by atoms with van der Waals surface area (Å²) in [4.78, 5) is 17.0. The largest absolute Gasteiger partial charge is 0.485 e. The van der Waals surface area contributed by atoms with Gasteiger partial charge in [-0.3, -0.25) is 9.97 Å². The molecule has 8 nitrogen and oxygen atoms in total. The van der Waals surface area contributed by atoms with Crippen molar-refractivity contribution in [3.63, 3.8) is 0 Å². The number of rotatable bonds is 8. The predicted molar refractivity (Wildman–Crippen MR) is 103 cm³/mol. The van der Waals surface area contributed by atoms with Crippen LogP contribution in [0.1, 0.15) is 11.5 Å². The Hall–Kier alpha value is -3.81. The molecule has 0 radical (unpaired) electrons. The Kier molecular flexibility index (Phi) is 5.48. The molecule has 0 atom stereocenters. The molecule has 0 unspecified atom stereocenters. The van der Waals surface area contributed by atoms with Crippen molar-refractivity contribution in [1.82, 2.24) is 25.1 Å². The van der Waals surface area contributed by atoms with Crippen LogP contribution >= 0.6 is 0 Å². The third-order valence-electron chi connectivity index (χ3n) is 3.89. The molecular weight excluding hydrogens is 356 g/mol.